The summed E-state index contributed by atoms with van der Waals surface area (Å²) in [4.78, 5) is 8.34. The van der Waals surface area contributed by atoms with Gasteiger partial charge in [-0.3, -0.25) is 4.98 Å². The summed E-state index contributed by atoms with van der Waals surface area (Å²) in [6.07, 6.45) is 2.42. The fourth-order valence-corrected chi connectivity index (χ4v) is 1.89. The summed E-state index contributed by atoms with van der Waals surface area (Å²) in [5, 5.41) is 3.17. The number of aromatic nitrogens is 2. The van der Waals surface area contributed by atoms with E-state index in [0.717, 1.165) is 18.6 Å². The standard InChI is InChI=1S/C15H19F2N3O/c1-15(2,4-5-21-3)9-19-14-8-18-12-6-10(16)11(17)7-13(12)20-14/h6-8H,4-5,9H2,1-3H3,(H,19,20). The second-order valence-electron chi connectivity index (χ2n) is 5.77. The molecule has 0 atom stereocenters. The normalized spacial score (nSPS) is 11.9. The Morgan fingerprint density at radius 1 is 1.19 bits per heavy atom. The molecule has 114 valence electrons. The second-order valence-corrected chi connectivity index (χ2v) is 5.77. The van der Waals surface area contributed by atoms with Gasteiger partial charge in [0, 0.05) is 32.4 Å². The summed E-state index contributed by atoms with van der Waals surface area (Å²) >= 11 is 0. The number of ether oxygens (including phenoxy) is 1. The first-order valence-corrected chi connectivity index (χ1v) is 6.76. The van der Waals surface area contributed by atoms with Crippen LogP contribution in [-0.2, 0) is 4.74 Å². The SMILES string of the molecule is COCCC(C)(C)CNc1cnc2cc(F)c(F)cc2n1. The number of methoxy groups -OCH3 is 1. The van der Waals surface area contributed by atoms with E-state index in [1.165, 1.54) is 6.20 Å². The number of hydrogen-bond acceptors (Lipinski definition) is 4. The van der Waals surface area contributed by atoms with Crippen LogP contribution in [0.2, 0.25) is 0 Å². The highest BCUT2D eigenvalue weighted by atomic mass is 19.2. The Morgan fingerprint density at radius 3 is 2.52 bits per heavy atom. The van der Waals surface area contributed by atoms with Crippen molar-refractivity contribution in [3.8, 4) is 0 Å². The summed E-state index contributed by atoms with van der Waals surface area (Å²) in [5.41, 5.74) is 0.687. The first-order chi connectivity index (χ1) is 9.91. The Kier molecular flexibility index (Phi) is 4.67. The van der Waals surface area contributed by atoms with Crippen LogP contribution in [0.3, 0.4) is 0 Å². The molecule has 21 heavy (non-hydrogen) atoms. The molecular weight excluding hydrogens is 276 g/mol. The number of anilines is 1. The minimum atomic E-state index is -0.922. The number of benzene rings is 1. The highest BCUT2D eigenvalue weighted by molar-refractivity contribution is 5.75. The highest BCUT2D eigenvalue weighted by Gasteiger charge is 2.17. The Bertz CT molecular complexity index is 632. The summed E-state index contributed by atoms with van der Waals surface area (Å²) in [7, 11) is 1.67. The second kappa shape index (κ2) is 6.30. The van der Waals surface area contributed by atoms with Gasteiger partial charge in [-0.1, -0.05) is 13.8 Å². The third kappa shape index (κ3) is 4.07. The molecule has 6 heteroatoms. The molecule has 0 aliphatic rings. The molecule has 2 rings (SSSR count). The summed E-state index contributed by atoms with van der Waals surface area (Å²) in [5.74, 6) is -1.30. The van der Waals surface area contributed by atoms with Crippen molar-refractivity contribution >= 4 is 16.9 Å². The lowest BCUT2D eigenvalue weighted by molar-refractivity contribution is 0.157. The van der Waals surface area contributed by atoms with Gasteiger partial charge in [-0.2, -0.15) is 0 Å². The van der Waals surface area contributed by atoms with Gasteiger partial charge in [0.1, 0.15) is 5.82 Å². The Hall–Kier alpha value is -1.82. The summed E-state index contributed by atoms with van der Waals surface area (Å²) in [6.45, 7) is 5.59. The molecular formula is C15H19F2N3O. The molecule has 0 fully saturated rings. The largest absolute Gasteiger partial charge is 0.385 e. The first kappa shape index (κ1) is 15.6. The van der Waals surface area contributed by atoms with E-state index < -0.39 is 11.6 Å². The van der Waals surface area contributed by atoms with Crippen LogP contribution in [0.4, 0.5) is 14.6 Å². The van der Waals surface area contributed by atoms with Gasteiger partial charge in [0.25, 0.3) is 0 Å². The van der Waals surface area contributed by atoms with Crippen LogP contribution < -0.4 is 5.32 Å². The van der Waals surface area contributed by atoms with Crippen molar-refractivity contribution in [1.82, 2.24) is 9.97 Å². The fourth-order valence-electron chi connectivity index (χ4n) is 1.89. The van der Waals surface area contributed by atoms with Gasteiger partial charge in [-0.05, 0) is 11.8 Å². The van der Waals surface area contributed by atoms with E-state index in [-0.39, 0.29) is 5.41 Å². The predicted octanol–water partition coefficient (Wildman–Crippen LogP) is 3.38. The monoisotopic (exact) mass is 295 g/mol. The predicted molar refractivity (Wildman–Crippen MR) is 78.2 cm³/mol. The van der Waals surface area contributed by atoms with Crippen molar-refractivity contribution in [3.05, 3.63) is 30.0 Å². The lowest BCUT2D eigenvalue weighted by atomic mass is 9.90. The number of halogens is 2. The number of fused-ring (bicyclic) bond motifs is 1. The highest BCUT2D eigenvalue weighted by Crippen LogP contribution is 2.21. The van der Waals surface area contributed by atoms with Gasteiger partial charge >= 0.3 is 0 Å². The van der Waals surface area contributed by atoms with Gasteiger partial charge in [-0.15, -0.1) is 0 Å². The maximum absolute atomic E-state index is 13.2. The molecule has 0 saturated carbocycles. The molecule has 0 spiro atoms. The molecule has 0 aliphatic carbocycles. The Labute approximate surface area is 122 Å². The molecule has 0 radical (unpaired) electrons. The van der Waals surface area contributed by atoms with Crippen LogP contribution in [0.5, 0.6) is 0 Å². The third-order valence-electron chi connectivity index (χ3n) is 3.32. The zero-order valence-electron chi connectivity index (χ0n) is 12.4. The topological polar surface area (TPSA) is 47.0 Å². The molecule has 1 aromatic carbocycles. The third-order valence-corrected chi connectivity index (χ3v) is 3.32. The van der Waals surface area contributed by atoms with Crippen LogP contribution in [0.25, 0.3) is 11.0 Å². The molecule has 0 aliphatic heterocycles. The van der Waals surface area contributed by atoms with Gasteiger partial charge in [-0.25, -0.2) is 13.8 Å². The zero-order valence-corrected chi connectivity index (χ0v) is 12.4. The van der Waals surface area contributed by atoms with Crippen molar-refractivity contribution in [2.75, 3.05) is 25.6 Å². The van der Waals surface area contributed by atoms with Crippen molar-refractivity contribution in [2.24, 2.45) is 5.41 Å². The number of hydrogen-bond donors (Lipinski definition) is 1. The molecule has 2 aromatic rings. The van der Waals surface area contributed by atoms with E-state index in [9.17, 15) is 8.78 Å². The van der Waals surface area contributed by atoms with E-state index in [4.69, 9.17) is 4.74 Å². The molecule has 0 saturated heterocycles. The molecule has 4 nitrogen and oxygen atoms in total. The van der Waals surface area contributed by atoms with E-state index in [2.05, 4.69) is 29.1 Å². The Morgan fingerprint density at radius 2 is 1.86 bits per heavy atom. The van der Waals surface area contributed by atoms with Crippen LogP contribution in [0, 0.1) is 17.0 Å². The molecule has 1 N–H and O–H groups in total. The first-order valence-electron chi connectivity index (χ1n) is 6.76. The smallest absolute Gasteiger partial charge is 0.161 e. The Balaban J connectivity index is 2.11. The number of rotatable bonds is 6. The van der Waals surface area contributed by atoms with Gasteiger partial charge in [0.15, 0.2) is 11.6 Å². The summed E-state index contributed by atoms with van der Waals surface area (Å²) in [6, 6.07) is 2.10. The molecule has 1 aromatic heterocycles. The van der Waals surface area contributed by atoms with Crippen LogP contribution in [0.1, 0.15) is 20.3 Å². The maximum Gasteiger partial charge on any atom is 0.161 e. The van der Waals surface area contributed by atoms with E-state index in [1.807, 2.05) is 0 Å². The number of nitrogens with zero attached hydrogens (tertiary/aromatic N) is 2. The van der Waals surface area contributed by atoms with Gasteiger partial charge in [0.05, 0.1) is 17.2 Å². The fraction of sp³-hybridized carbons (Fsp3) is 0.467. The number of nitrogens with one attached hydrogen (secondary N) is 1. The van der Waals surface area contributed by atoms with Crippen LogP contribution in [0.15, 0.2) is 18.3 Å². The van der Waals surface area contributed by atoms with Crippen molar-refractivity contribution in [2.45, 2.75) is 20.3 Å². The van der Waals surface area contributed by atoms with E-state index >= 15 is 0 Å². The molecule has 0 amide bonds. The van der Waals surface area contributed by atoms with E-state index in [1.54, 1.807) is 7.11 Å². The molecule has 0 bridgehead atoms. The van der Waals surface area contributed by atoms with Crippen LogP contribution in [-0.4, -0.2) is 30.2 Å². The zero-order chi connectivity index (χ0) is 15.5. The van der Waals surface area contributed by atoms with Gasteiger partial charge in [0.2, 0.25) is 0 Å². The van der Waals surface area contributed by atoms with Gasteiger partial charge < -0.3 is 10.1 Å². The van der Waals surface area contributed by atoms with Crippen molar-refractivity contribution in [3.63, 3.8) is 0 Å². The lowest BCUT2D eigenvalue weighted by Crippen LogP contribution is -2.25. The van der Waals surface area contributed by atoms with Crippen molar-refractivity contribution < 1.29 is 13.5 Å². The van der Waals surface area contributed by atoms with Crippen LogP contribution >= 0.6 is 0 Å². The summed E-state index contributed by atoms with van der Waals surface area (Å²) < 4.78 is 31.4. The quantitative estimate of drug-likeness (QED) is 0.887. The minimum Gasteiger partial charge on any atom is -0.385 e. The van der Waals surface area contributed by atoms with E-state index in [0.29, 0.717) is 30.0 Å². The molecule has 0 unspecified atom stereocenters. The minimum absolute atomic E-state index is 0.0285. The average Bonchev–Trinajstić information content (AvgIpc) is 2.44. The molecule has 1 heterocycles. The average molecular weight is 295 g/mol. The lowest BCUT2D eigenvalue weighted by Gasteiger charge is -2.24. The van der Waals surface area contributed by atoms with Crippen molar-refractivity contribution in [1.29, 1.82) is 0 Å². The maximum atomic E-state index is 13.2.